The third-order valence-electron chi connectivity index (χ3n) is 3.58. The van der Waals surface area contributed by atoms with Gasteiger partial charge in [-0.05, 0) is 40.5 Å². The first-order valence-corrected chi connectivity index (χ1v) is 7.28. The lowest BCUT2D eigenvalue weighted by atomic mass is 9.96. The lowest BCUT2D eigenvalue weighted by Gasteiger charge is -2.14. The minimum atomic E-state index is -0.147. The number of halogens is 1. The van der Waals surface area contributed by atoms with Crippen molar-refractivity contribution < 1.29 is 0 Å². The van der Waals surface area contributed by atoms with E-state index < -0.39 is 0 Å². The molecule has 0 aliphatic heterocycles. The first-order valence-electron chi connectivity index (χ1n) is 6.90. The molecule has 0 saturated carbocycles. The van der Waals surface area contributed by atoms with E-state index in [-0.39, 0.29) is 6.04 Å². The van der Waals surface area contributed by atoms with Gasteiger partial charge in [-0.2, -0.15) is 0 Å². The number of nitrogens with two attached hydrogens (primary N) is 1. The smallest absolute Gasteiger partial charge is 0.0551 e. The van der Waals surface area contributed by atoms with E-state index in [9.17, 15) is 0 Å². The molecule has 1 nitrogen and oxygen atoms in total. The average molecular weight is 294 g/mol. The molecule has 1 unspecified atom stereocenters. The highest BCUT2D eigenvalue weighted by molar-refractivity contribution is 6.30. The zero-order valence-corrected chi connectivity index (χ0v) is 12.3. The first-order chi connectivity index (χ1) is 10.2. The van der Waals surface area contributed by atoms with E-state index in [0.29, 0.717) is 0 Å². The lowest BCUT2D eigenvalue weighted by molar-refractivity contribution is 0.872. The Morgan fingerprint density at radius 1 is 0.667 bits per heavy atom. The number of hydrogen-bond acceptors (Lipinski definition) is 1. The van der Waals surface area contributed by atoms with Crippen LogP contribution in [0.15, 0.2) is 78.9 Å². The fourth-order valence-corrected chi connectivity index (χ4v) is 2.53. The third kappa shape index (κ3) is 3.15. The minimum Gasteiger partial charge on any atom is -0.320 e. The standard InChI is InChI=1S/C19H16ClN/c20-18-11-9-15(10-12-18)19(21)17-8-4-7-16(13-17)14-5-2-1-3-6-14/h1-13,19H,21H2. The van der Waals surface area contributed by atoms with Crippen molar-refractivity contribution in [3.8, 4) is 11.1 Å². The molecule has 0 amide bonds. The van der Waals surface area contributed by atoms with Gasteiger partial charge < -0.3 is 5.73 Å². The van der Waals surface area contributed by atoms with Crippen molar-refractivity contribution >= 4 is 11.6 Å². The molecule has 0 aromatic heterocycles. The molecule has 0 heterocycles. The third-order valence-corrected chi connectivity index (χ3v) is 3.83. The second-order valence-corrected chi connectivity index (χ2v) is 5.46. The second kappa shape index (κ2) is 6.13. The highest BCUT2D eigenvalue weighted by Gasteiger charge is 2.09. The van der Waals surface area contributed by atoms with Gasteiger partial charge in [0.1, 0.15) is 0 Å². The zero-order valence-electron chi connectivity index (χ0n) is 11.5. The van der Waals surface area contributed by atoms with Crippen LogP contribution in [-0.2, 0) is 0 Å². The molecule has 21 heavy (non-hydrogen) atoms. The van der Waals surface area contributed by atoms with Gasteiger partial charge in [-0.1, -0.05) is 72.3 Å². The molecule has 0 aliphatic carbocycles. The van der Waals surface area contributed by atoms with Crippen LogP contribution in [0.2, 0.25) is 5.02 Å². The molecular weight excluding hydrogens is 278 g/mol. The predicted octanol–water partition coefficient (Wildman–Crippen LogP) is 5.06. The van der Waals surface area contributed by atoms with E-state index in [1.165, 1.54) is 11.1 Å². The topological polar surface area (TPSA) is 26.0 Å². The molecule has 2 heteroatoms. The van der Waals surface area contributed by atoms with Crippen LogP contribution >= 0.6 is 11.6 Å². The maximum atomic E-state index is 6.37. The van der Waals surface area contributed by atoms with Crippen LogP contribution in [0.4, 0.5) is 0 Å². The summed E-state index contributed by atoms with van der Waals surface area (Å²) in [6.45, 7) is 0. The molecule has 0 aliphatic rings. The van der Waals surface area contributed by atoms with Gasteiger partial charge in [0, 0.05) is 5.02 Å². The molecule has 2 N–H and O–H groups in total. The summed E-state index contributed by atoms with van der Waals surface area (Å²) >= 11 is 5.93. The molecule has 0 spiro atoms. The minimum absolute atomic E-state index is 0.147. The number of hydrogen-bond donors (Lipinski definition) is 1. The first kappa shape index (κ1) is 13.9. The Hall–Kier alpha value is -2.09. The van der Waals surface area contributed by atoms with Crippen molar-refractivity contribution in [3.05, 3.63) is 95.0 Å². The van der Waals surface area contributed by atoms with Crippen LogP contribution < -0.4 is 5.73 Å². The largest absolute Gasteiger partial charge is 0.320 e. The summed E-state index contributed by atoms with van der Waals surface area (Å²) in [5.41, 5.74) is 10.9. The van der Waals surface area contributed by atoms with E-state index >= 15 is 0 Å². The molecule has 0 bridgehead atoms. The normalized spacial score (nSPS) is 12.1. The highest BCUT2D eigenvalue weighted by atomic mass is 35.5. The number of benzene rings is 3. The Morgan fingerprint density at radius 2 is 1.33 bits per heavy atom. The molecule has 0 fully saturated rings. The fourth-order valence-electron chi connectivity index (χ4n) is 2.40. The molecular formula is C19H16ClN. The molecule has 3 aromatic rings. The molecule has 0 radical (unpaired) electrons. The summed E-state index contributed by atoms with van der Waals surface area (Å²) < 4.78 is 0. The summed E-state index contributed by atoms with van der Waals surface area (Å²) in [5.74, 6) is 0. The molecule has 3 aromatic carbocycles. The van der Waals surface area contributed by atoms with Crippen molar-refractivity contribution in [3.63, 3.8) is 0 Å². The van der Waals surface area contributed by atoms with Crippen LogP contribution in [0, 0.1) is 0 Å². The Kier molecular flexibility index (Phi) is 4.05. The van der Waals surface area contributed by atoms with Crippen molar-refractivity contribution in [2.24, 2.45) is 5.73 Å². The summed E-state index contributed by atoms with van der Waals surface area (Å²) in [7, 11) is 0. The quantitative estimate of drug-likeness (QED) is 0.718. The van der Waals surface area contributed by atoms with Gasteiger partial charge in [-0.15, -0.1) is 0 Å². The highest BCUT2D eigenvalue weighted by Crippen LogP contribution is 2.26. The van der Waals surface area contributed by atoms with Crippen LogP contribution in [0.5, 0.6) is 0 Å². The monoisotopic (exact) mass is 293 g/mol. The maximum Gasteiger partial charge on any atom is 0.0551 e. The lowest BCUT2D eigenvalue weighted by Crippen LogP contribution is -2.11. The van der Waals surface area contributed by atoms with Crippen molar-refractivity contribution in [1.29, 1.82) is 0 Å². The maximum absolute atomic E-state index is 6.37. The zero-order chi connectivity index (χ0) is 14.7. The molecule has 104 valence electrons. The Labute approximate surface area is 130 Å². The Balaban J connectivity index is 1.94. The van der Waals surface area contributed by atoms with Gasteiger partial charge in [0.2, 0.25) is 0 Å². The SMILES string of the molecule is NC(c1ccc(Cl)cc1)c1cccc(-c2ccccc2)c1. The van der Waals surface area contributed by atoms with Crippen LogP contribution in [0.25, 0.3) is 11.1 Å². The van der Waals surface area contributed by atoms with Gasteiger partial charge in [0.25, 0.3) is 0 Å². The summed E-state index contributed by atoms with van der Waals surface area (Å²) in [4.78, 5) is 0. The van der Waals surface area contributed by atoms with Crippen LogP contribution in [-0.4, -0.2) is 0 Å². The van der Waals surface area contributed by atoms with Crippen molar-refractivity contribution in [2.75, 3.05) is 0 Å². The summed E-state index contributed by atoms with van der Waals surface area (Å²) in [6.07, 6.45) is 0. The average Bonchev–Trinajstić information content (AvgIpc) is 2.56. The van der Waals surface area contributed by atoms with Crippen molar-refractivity contribution in [1.82, 2.24) is 0 Å². The van der Waals surface area contributed by atoms with Gasteiger partial charge in [-0.3, -0.25) is 0 Å². The molecule has 3 rings (SSSR count). The van der Waals surface area contributed by atoms with E-state index in [4.69, 9.17) is 17.3 Å². The van der Waals surface area contributed by atoms with Crippen molar-refractivity contribution in [2.45, 2.75) is 6.04 Å². The van der Waals surface area contributed by atoms with Gasteiger partial charge in [-0.25, -0.2) is 0 Å². The Bertz CT molecular complexity index is 720. The van der Waals surface area contributed by atoms with E-state index in [1.54, 1.807) is 0 Å². The van der Waals surface area contributed by atoms with E-state index in [1.807, 2.05) is 48.5 Å². The molecule has 0 saturated heterocycles. The van der Waals surface area contributed by atoms with Crippen LogP contribution in [0.1, 0.15) is 17.2 Å². The van der Waals surface area contributed by atoms with Crippen LogP contribution in [0.3, 0.4) is 0 Å². The van der Waals surface area contributed by atoms with E-state index in [0.717, 1.165) is 16.1 Å². The summed E-state index contributed by atoms with van der Waals surface area (Å²) in [6, 6.07) is 26.2. The van der Waals surface area contributed by atoms with Gasteiger partial charge >= 0.3 is 0 Å². The molecule has 1 atom stereocenters. The van der Waals surface area contributed by atoms with E-state index in [2.05, 4.69) is 30.3 Å². The Morgan fingerprint density at radius 3 is 2.05 bits per heavy atom. The number of rotatable bonds is 3. The van der Waals surface area contributed by atoms with Gasteiger partial charge in [0.05, 0.1) is 6.04 Å². The van der Waals surface area contributed by atoms with Gasteiger partial charge in [0.15, 0.2) is 0 Å². The second-order valence-electron chi connectivity index (χ2n) is 5.02. The fraction of sp³-hybridized carbons (Fsp3) is 0.0526. The predicted molar refractivity (Wildman–Crippen MR) is 89.4 cm³/mol. The summed E-state index contributed by atoms with van der Waals surface area (Å²) in [5, 5.41) is 0.726.